The molecule has 2 aromatic carbocycles. The van der Waals surface area contributed by atoms with E-state index in [0.717, 1.165) is 5.69 Å². The lowest BCUT2D eigenvalue weighted by Crippen LogP contribution is -2.00. The number of anilines is 2. The van der Waals surface area contributed by atoms with Crippen LogP contribution in [0.4, 0.5) is 11.4 Å². The van der Waals surface area contributed by atoms with Crippen molar-refractivity contribution < 1.29 is 13.0 Å². The number of H-pyrrole nitrogens is 1. The molecule has 1 aromatic heterocycles. The van der Waals surface area contributed by atoms with Crippen LogP contribution in [-0.2, 0) is 10.1 Å². The van der Waals surface area contributed by atoms with Gasteiger partial charge in [-0.05, 0) is 24.3 Å². The second kappa shape index (κ2) is 4.58. The van der Waals surface area contributed by atoms with Crippen LogP contribution in [0.2, 0.25) is 0 Å². The highest BCUT2D eigenvalue weighted by molar-refractivity contribution is 7.86. The van der Waals surface area contributed by atoms with Gasteiger partial charge in [-0.2, -0.15) is 8.42 Å². The first-order valence-corrected chi connectivity index (χ1v) is 7.13. The predicted octanol–water partition coefficient (Wildman–Crippen LogP) is 1.95. The number of hydrogen-bond acceptors (Lipinski definition) is 5. The Kier molecular flexibility index (Phi) is 2.88. The molecule has 0 saturated heterocycles. The molecule has 0 bridgehead atoms. The SMILES string of the molecule is O=S(=O)(O)c1ccc(Nc2ccccc2)c2nn[nH]c12. The van der Waals surface area contributed by atoms with Crippen LogP contribution in [0.3, 0.4) is 0 Å². The van der Waals surface area contributed by atoms with Gasteiger partial charge in [-0.3, -0.25) is 9.65 Å². The molecule has 3 N–H and O–H groups in total. The molecule has 7 nitrogen and oxygen atoms in total. The van der Waals surface area contributed by atoms with Crippen molar-refractivity contribution in [2.75, 3.05) is 5.32 Å². The molecule has 1 heterocycles. The van der Waals surface area contributed by atoms with E-state index < -0.39 is 10.1 Å². The average molecular weight is 290 g/mol. The summed E-state index contributed by atoms with van der Waals surface area (Å²) < 4.78 is 31.7. The maximum absolute atomic E-state index is 11.3. The quantitative estimate of drug-likeness (QED) is 0.636. The molecule has 0 unspecified atom stereocenters. The van der Waals surface area contributed by atoms with E-state index >= 15 is 0 Å². The molecule has 102 valence electrons. The van der Waals surface area contributed by atoms with Crippen LogP contribution >= 0.6 is 0 Å². The first-order valence-electron chi connectivity index (χ1n) is 5.69. The Morgan fingerprint density at radius 3 is 2.55 bits per heavy atom. The topological polar surface area (TPSA) is 108 Å². The van der Waals surface area contributed by atoms with Crippen molar-refractivity contribution in [3.05, 3.63) is 42.5 Å². The minimum atomic E-state index is -4.33. The number of rotatable bonds is 3. The summed E-state index contributed by atoms with van der Waals surface area (Å²) in [6.45, 7) is 0. The molecule has 8 heteroatoms. The van der Waals surface area contributed by atoms with Crippen LogP contribution in [0, 0.1) is 0 Å². The van der Waals surface area contributed by atoms with Crippen molar-refractivity contribution >= 4 is 32.5 Å². The summed E-state index contributed by atoms with van der Waals surface area (Å²) in [4.78, 5) is -0.254. The standard InChI is InChI=1S/C12H10N4O3S/c17-20(18,19)10-7-6-9(11-12(10)15-16-14-11)13-8-4-2-1-3-5-8/h1-7,13H,(H,14,15,16)(H,17,18,19). The molecular formula is C12H10N4O3S. The van der Waals surface area contributed by atoms with Crippen molar-refractivity contribution in [2.45, 2.75) is 4.90 Å². The highest BCUT2D eigenvalue weighted by Gasteiger charge is 2.18. The predicted molar refractivity (Wildman–Crippen MR) is 73.4 cm³/mol. The van der Waals surface area contributed by atoms with Crippen LogP contribution in [0.15, 0.2) is 47.4 Å². The molecule has 0 saturated carbocycles. The minimum Gasteiger partial charge on any atom is -0.354 e. The van der Waals surface area contributed by atoms with Gasteiger partial charge < -0.3 is 5.32 Å². The lowest BCUT2D eigenvalue weighted by molar-refractivity contribution is 0.484. The van der Waals surface area contributed by atoms with Crippen LogP contribution in [0.25, 0.3) is 11.0 Å². The fourth-order valence-corrected chi connectivity index (χ4v) is 2.54. The first kappa shape index (κ1) is 12.6. The molecule has 0 amide bonds. The maximum Gasteiger partial charge on any atom is 0.296 e. The van der Waals surface area contributed by atoms with E-state index in [9.17, 15) is 8.42 Å². The van der Waals surface area contributed by atoms with Crippen LogP contribution < -0.4 is 5.32 Å². The van der Waals surface area contributed by atoms with E-state index in [1.165, 1.54) is 12.1 Å². The zero-order valence-electron chi connectivity index (χ0n) is 10.1. The minimum absolute atomic E-state index is 0.161. The molecule has 0 radical (unpaired) electrons. The molecular weight excluding hydrogens is 280 g/mol. The Hall–Kier alpha value is -2.45. The first-order chi connectivity index (χ1) is 9.55. The van der Waals surface area contributed by atoms with Gasteiger partial charge in [0.05, 0.1) is 5.69 Å². The lowest BCUT2D eigenvalue weighted by Gasteiger charge is -2.07. The van der Waals surface area contributed by atoms with E-state index in [1.54, 1.807) is 0 Å². The van der Waals surface area contributed by atoms with Crippen LogP contribution in [0.5, 0.6) is 0 Å². The van der Waals surface area contributed by atoms with Gasteiger partial charge in [-0.15, -0.1) is 5.10 Å². The third kappa shape index (κ3) is 2.22. The molecule has 0 atom stereocenters. The van der Waals surface area contributed by atoms with Crippen molar-refractivity contribution in [2.24, 2.45) is 0 Å². The smallest absolute Gasteiger partial charge is 0.296 e. The van der Waals surface area contributed by atoms with E-state index in [4.69, 9.17) is 4.55 Å². The Morgan fingerprint density at radius 1 is 1.10 bits per heavy atom. The molecule has 20 heavy (non-hydrogen) atoms. The van der Waals surface area contributed by atoms with E-state index in [2.05, 4.69) is 20.7 Å². The second-order valence-electron chi connectivity index (χ2n) is 4.11. The Balaban J connectivity index is 2.13. The fraction of sp³-hybridized carbons (Fsp3) is 0. The second-order valence-corrected chi connectivity index (χ2v) is 5.50. The molecule has 0 spiro atoms. The van der Waals surface area contributed by atoms with Gasteiger partial charge in [-0.1, -0.05) is 23.4 Å². The van der Waals surface area contributed by atoms with Crippen molar-refractivity contribution in [1.29, 1.82) is 0 Å². The third-order valence-electron chi connectivity index (χ3n) is 2.78. The zero-order chi connectivity index (χ0) is 14.2. The zero-order valence-corrected chi connectivity index (χ0v) is 10.9. The van der Waals surface area contributed by atoms with Gasteiger partial charge >= 0.3 is 0 Å². The van der Waals surface area contributed by atoms with Crippen molar-refractivity contribution in [3.8, 4) is 0 Å². The summed E-state index contributed by atoms with van der Waals surface area (Å²) in [6.07, 6.45) is 0. The number of benzene rings is 2. The van der Waals surface area contributed by atoms with Gasteiger partial charge in [-0.25, -0.2) is 0 Å². The monoisotopic (exact) mass is 290 g/mol. The van der Waals surface area contributed by atoms with E-state index in [1.807, 2.05) is 30.3 Å². The maximum atomic E-state index is 11.3. The van der Waals surface area contributed by atoms with E-state index in [0.29, 0.717) is 11.2 Å². The normalized spacial score (nSPS) is 11.7. The number of nitrogens with zero attached hydrogens (tertiary/aromatic N) is 2. The highest BCUT2D eigenvalue weighted by Crippen LogP contribution is 2.28. The fourth-order valence-electron chi connectivity index (χ4n) is 1.90. The summed E-state index contributed by atoms with van der Waals surface area (Å²) in [5.41, 5.74) is 1.92. The van der Waals surface area contributed by atoms with Gasteiger partial charge in [0.15, 0.2) is 0 Å². The molecule has 3 aromatic rings. The van der Waals surface area contributed by atoms with E-state index in [-0.39, 0.29) is 10.4 Å². The number of aromatic nitrogens is 3. The van der Waals surface area contributed by atoms with Gasteiger partial charge in [0, 0.05) is 5.69 Å². The lowest BCUT2D eigenvalue weighted by atomic mass is 10.2. The summed E-state index contributed by atoms with van der Waals surface area (Å²) in [7, 11) is -4.33. The van der Waals surface area contributed by atoms with Gasteiger partial charge in [0.2, 0.25) is 0 Å². The van der Waals surface area contributed by atoms with Crippen molar-refractivity contribution in [1.82, 2.24) is 15.4 Å². The summed E-state index contributed by atoms with van der Waals surface area (Å²) in [6, 6.07) is 12.2. The number of fused-ring (bicyclic) bond motifs is 1. The number of para-hydroxylation sites is 1. The molecule has 0 aliphatic rings. The molecule has 3 rings (SSSR count). The highest BCUT2D eigenvalue weighted by atomic mass is 32.2. The number of hydrogen-bond donors (Lipinski definition) is 3. The Bertz CT molecular complexity index is 859. The summed E-state index contributed by atoms with van der Waals surface area (Å²) in [5, 5.41) is 13.0. The average Bonchev–Trinajstić information content (AvgIpc) is 2.88. The largest absolute Gasteiger partial charge is 0.354 e. The molecule has 0 aliphatic carbocycles. The van der Waals surface area contributed by atoms with Crippen LogP contribution in [0.1, 0.15) is 0 Å². The molecule has 0 fully saturated rings. The van der Waals surface area contributed by atoms with Gasteiger partial charge in [0.25, 0.3) is 10.1 Å². The van der Waals surface area contributed by atoms with Crippen LogP contribution in [-0.4, -0.2) is 28.4 Å². The van der Waals surface area contributed by atoms with Gasteiger partial charge in [0.1, 0.15) is 15.9 Å². The van der Waals surface area contributed by atoms with Crippen molar-refractivity contribution in [3.63, 3.8) is 0 Å². The molecule has 0 aliphatic heterocycles. The number of nitrogens with one attached hydrogen (secondary N) is 2. The Labute approximate surface area is 114 Å². The number of aromatic amines is 1. The summed E-state index contributed by atoms with van der Waals surface area (Å²) >= 11 is 0. The summed E-state index contributed by atoms with van der Waals surface area (Å²) in [5.74, 6) is 0. The third-order valence-corrected chi connectivity index (χ3v) is 3.68. The Morgan fingerprint density at radius 2 is 1.85 bits per heavy atom.